The van der Waals surface area contributed by atoms with Crippen LogP contribution >= 0.6 is 0 Å². The van der Waals surface area contributed by atoms with Gasteiger partial charge in [0.2, 0.25) is 11.8 Å². The maximum atomic E-state index is 13.8. The molecule has 5 rings (SSSR count). The van der Waals surface area contributed by atoms with Crippen molar-refractivity contribution in [2.45, 2.75) is 90.1 Å². The molecule has 2 atom stereocenters. The molecule has 0 spiro atoms. The zero-order chi connectivity index (χ0) is 35.0. The van der Waals surface area contributed by atoms with E-state index in [9.17, 15) is 19.5 Å². The van der Waals surface area contributed by atoms with Crippen LogP contribution in [0.5, 0.6) is 11.5 Å². The average molecular weight is 661 g/mol. The van der Waals surface area contributed by atoms with E-state index < -0.39 is 24.0 Å². The molecule has 0 heterocycles. The number of amides is 2. The van der Waals surface area contributed by atoms with E-state index in [1.807, 2.05) is 91.9 Å². The Labute approximate surface area is 290 Å². The number of nitrogens with one attached hydrogen (secondary N) is 2. The summed E-state index contributed by atoms with van der Waals surface area (Å²) in [7, 11) is 0. The Kier molecular flexibility index (Phi) is 11.6. The van der Waals surface area contributed by atoms with E-state index in [4.69, 9.17) is 4.74 Å². The van der Waals surface area contributed by atoms with Crippen LogP contribution in [-0.4, -0.2) is 35.0 Å². The number of hydrogen-bond donors (Lipinski definition) is 3. The highest BCUT2D eigenvalue weighted by atomic mass is 16.5. The Morgan fingerprint density at radius 1 is 0.776 bits per heavy atom. The number of benzene rings is 4. The number of ether oxygens (including phenoxy) is 1. The summed E-state index contributed by atoms with van der Waals surface area (Å²) in [5.74, 6) is -0.139. The molecular formula is C42H48N2O5. The molecule has 49 heavy (non-hydrogen) atoms. The third-order valence-electron chi connectivity index (χ3n) is 9.41. The predicted molar refractivity (Wildman–Crippen MR) is 194 cm³/mol. The van der Waals surface area contributed by atoms with Gasteiger partial charge in [-0.05, 0) is 88.7 Å². The van der Waals surface area contributed by atoms with E-state index in [1.54, 1.807) is 0 Å². The number of carboxylic acid groups (broad SMARTS) is 1. The lowest BCUT2D eigenvalue weighted by Gasteiger charge is -2.23. The second kappa shape index (κ2) is 16.0. The molecule has 0 aliphatic heterocycles. The largest absolute Gasteiger partial charge is 0.480 e. The van der Waals surface area contributed by atoms with Crippen molar-refractivity contribution in [1.29, 1.82) is 0 Å². The maximum absolute atomic E-state index is 13.8. The lowest BCUT2D eigenvalue weighted by Crippen LogP contribution is -2.53. The summed E-state index contributed by atoms with van der Waals surface area (Å²) in [5.41, 5.74) is 5.91. The van der Waals surface area contributed by atoms with Gasteiger partial charge >= 0.3 is 5.97 Å². The van der Waals surface area contributed by atoms with Crippen molar-refractivity contribution in [2.75, 3.05) is 0 Å². The van der Waals surface area contributed by atoms with Crippen molar-refractivity contribution >= 4 is 17.8 Å². The van der Waals surface area contributed by atoms with Crippen LogP contribution in [0.2, 0.25) is 0 Å². The lowest BCUT2D eigenvalue weighted by molar-refractivity contribution is -0.142. The number of carboxylic acids is 1. The zero-order valence-electron chi connectivity index (χ0n) is 29.0. The molecule has 0 radical (unpaired) electrons. The Morgan fingerprint density at radius 2 is 1.41 bits per heavy atom. The fourth-order valence-corrected chi connectivity index (χ4v) is 6.45. The number of aliphatic carboxylic acids is 1. The average Bonchev–Trinajstić information content (AvgIpc) is 3.58. The Morgan fingerprint density at radius 3 is 2.02 bits per heavy atom. The molecule has 2 amide bonds. The normalized spacial score (nSPS) is 14.5. The van der Waals surface area contributed by atoms with Crippen LogP contribution in [-0.2, 0) is 32.6 Å². The smallest absolute Gasteiger partial charge is 0.326 e. The number of aryl methyl sites for hydroxylation is 1. The summed E-state index contributed by atoms with van der Waals surface area (Å²) in [6, 6.07) is 29.2. The number of rotatable bonds is 13. The molecule has 7 nitrogen and oxygen atoms in total. The van der Waals surface area contributed by atoms with Crippen molar-refractivity contribution in [3.63, 3.8) is 0 Å². The number of carbonyl (C=O) groups excluding carboxylic acids is 2. The van der Waals surface area contributed by atoms with Gasteiger partial charge in [-0.3, -0.25) is 9.59 Å². The van der Waals surface area contributed by atoms with Crippen molar-refractivity contribution in [2.24, 2.45) is 5.92 Å². The van der Waals surface area contributed by atoms with E-state index in [-0.39, 0.29) is 24.2 Å². The fraction of sp³-hybridized carbons (Fsp3) is 0.357. The van der Waals surface area contributed by atoms with Gasteiger partial charge in [-0.1, -0.05) is 106 Å². The first-order valence-electron chi connectivity index (χ1n) is 17.3. The number of carbonyl (C=O) groups is 3. The van der Waals surface area contributed by atoms with E-state index >= 15 is 0 Å². The highest BCUT2D eigenvalue weighted by Gasteiger charge is 2.29. The minimum absolute atomic E-state index is 0.0464. The van der Waals surface area contributed by atoms with Crippen LogP contribution in [0.25, 0.3) is 11.1 Å². The fourth-order valence-electron chi connectivity index (χ4n) is 6.45. The summed E-state index contributed by atoms with van der Waals surface area (Å²) in [6.07, 6.45) is 4.93. The Balaban J connectivity index is 1.29. The summed E-state index contributed by atoms with van der Waals surface area (Å²) < 4.78 is 6.13. The van der Waals surface area contributed by atoms with Gasteiger partial charge in [0.25, 0.3) is 0 Å². The van der Waals surface area contributed by atoms with Crippen molar-refractivity contribution in [3.05, 3.63) is 119 Å². The van der Waals surface area contributed by atoms with Gasteiger partial charge in [0.05, 0.1) is 0 Å². The van der Waals surface area contributed by atoms with Gasteiger partial charge in [0.15, 0.2) is 0 Å². The molecule has 4 aromatic rings. The topological polar surface area (TPSA) is 105 Å². The third kappa shape index (κ3) is 10.0. The predicted octanol–water partition coefficient (Wildman–Crippen LogP) is 8.17. The van der Waals surface area contributed by atoms with Crippen LogP contribution in [0, 0.1) is 12.8 Å². The SMILES string of the molecule is Cc1cc(Oc2ccc(C(C)(C)C)cc2)ccc1CC(NC(=O)CC1CCCC1)C(=O)N[C@@H](Cc1ccc(-c2ccccc2)cc1)C(=O)O. The third-order valence-corrected chi connectivity index (χ3v) is 9.41. The van der Waals surface area contributed by atoms with E-state index in [2.05, 4.69) is 43.5 Å². The quantitative estimate of drug-likeness (QED) is 0.134. The minimum Gasteiger partial charge on any atom is -0.480 e. The molecule has 1 fully saturated rings. The standard InChI is InChI=1S/C42H48N2O5/c1-28-24-36(49-35-22-19-34(20-23-35)42(2,3)4)21-18-33(28)27-37(43-39(45)26-29-10-8-9-11-29)40(46)44-38(41(47)48)25-30-14-16-32(17-15-30)31-12-6-5-7-13-31/h5-7,12-24,29,37-38H,8-11,25-27H2,1-4H3,(H,43,45)(H,44,46)(H,47,48)/t37?,38-/m0/s1. The molecule has 1 saturated carbocycles. The molecule has 1 aliphatic carbocycles. The van der Waals surface area contributed by atoms with Crippen molar-refractivity contribution in [1.82, 2.24) is 10.6 Å². The molecule has 3 N–H and O–H groups in total. The minimum atomic E-state index is -1.16. The second-order valence-corrected chi connectivity index (χ2v) is 14.3. The van der Waals surface area contributed by atoms with Gasteiger partial charge in [-0.15, -0.1) is 0 Å². The van der Waals surface area contributed by atoms with Crippen LogP contribution in [0.15, 0.2) is 97.1 Å². The summed E-state index contributed by atoms with van der Waals surface area (Å²) in [6.45, 7) is 8.45. The Bertz CT molecular complexity index is 1720. The van der Waals surface area contributed by atoms with Gasteiger partial charge < -0.3 is 20.5 Å². The van der Waals surface area contributed by atoms with Gasteiger partial charge in [-0.2, -0.15) is 0 Å². The van der Waals surface area contributed by atoms with E-state index in [1.165, 1.54) is 5.56 Å². The summed E-state index contributed by atoms with van der Waals surface area (Å²) in [4.78, 5) is 39.3. The highest BCUT2D eigenvalue weighted by molar-refractivity contribution is 5.91. The molecule has 0 aromatic heterocycles. The molecular weight excluding hydrogens is 612 g/mol. The van der Waals surface area contributed by atoms with Crippen molar-refractivity contribution < 1.29 is 24.2 Å². The van der Waals surface area contributed by atoms with E-state index in [0.29, 0.717) is 18.1 Å². The molecule has 1 unspecified atom stereocenters. The molecule has 0 bridgehead atoms. The van der Waals surface area contributed by atoms with Crippen LogP contribution in [0.3, 0.4) is 0 Å². The van der Waals surface area contributed by atoms with E-state index in [0.717, 1.165) is 59.3 Å². The molecule has 0 saturated heterocycles. The zero-order valence-corrected chi connectivity index (χ0v) is 29.0. The first kappa shape index (κ1) is 35.4. The Hall–Kier alpha value is -4.91. The monoisotopic (exact) mass is 660 g/mol. The second-order valence-electron chi connectivity index (χ2n) is 14.3. The summed E-state index contributed by atoms with van der Waals surface area (Å²) in [5, 5.41) is 15.8. The van der Waals surface area contributed by atoms with Crippen LogP contribution < -0.4 is 15.4 Å². The first-order valence-corrected chi connectivity index (χ1v) is 17.3. The van der Waals surface area contributed by atoms with Gasteiger partial charge in [0, 0.05) is 19.3 Å². The molecule has 4 aromatic carbocycles. The van der Waals surface area contributed by atoms with Crippen LogP contribution in [0.4, 0.5) is 0 Å². The maximum Gasteiger partial charge on any atom is 0.326 e. The first-order chi connectivity index (χ1) is 23.4. The molecule has 1 aliphatic rings. The highest BCUT2D eigenvalue weighted by Crippen LogP contribution is 2.29. The molecule has 7 heteroatoms. The summed E-state index contributed by atoms with van der Waals surface area (Å²) >= 11 is 0. The van der Waals surface area contributed by atoms with Crippen LogP contribution in [0.1, 0.15) is 75.1 Å². The number of hydrogen-bond acceptors (Lipinski definition) is 4. The van der Waals surface area contributed by atoms with Gasteiger partial charge in [-0.25, -0.2) is 4.79 Å². The lowest BCUT2D eigenvalue weighted by atomic mass is 9.87. The molecule has 256 valence electrons. The van der Waals surface area contributed by atoms with Crippen molar-refractivity contribution in [3.8, 4) is 22.6 Å². The van der Waals surface area contributed by atoms with Gasteiger partial charge in [0.1, 0.15) is 23.6 Å².